The van der Waals surface area contributed by atoms with Gasteiger partial charge in [-0.3, -0.25) is 0 Å². The number of benzene rings is 2. The standard InChI is InChI=1S/C23H20BrFO4S/c1-28-19(27)14-17(16-10-6-3-7-11-16)22-21(20(25)23(24)30-22)29-18(26)13-12-15-8-4-2-5-9-15/h2-14,20-23H,1H3/t20-,21-,22+,23-/m0/s1. The van der Waals surface area contributed by atoms with Crippen LogP contribution in [0.3, 0.4) is 0 Å². The second kappa shape index (κ2) is 10.6. The summed E-state index contributed by atoms with van der Waals surface area (Å²) in [7, 11) is 1.28. The van der Waals surface area contributed by atoms with E-state index in [1.165, 1.54) is 31.0 Å². The highest BCUT2D eigenvalue weighted by molar-refractivity contribution is 9.11. The van der Waals surface area contributed by atoms with Crippen molar-refractivity contribution in [3.63, 3.8) is 0 Å². The maximum atomic E-state index is 14.9. The number of methoxy groups -OCH3 is 1. The Hall–Kier alpha value is -2.38. The molecule has 0 N–H and O–H groups in total. The number of alkyl halides is 2. The van der Waals surface area contributed by atoms with E-state index in [0.717, 1.165) is 11.1 Å². The Morgan fingerprint density at radius 2 is 1.67 bits per heavy atom. The maximum absolute atomic E-state index is 14.9. The van der Waals surface area contributed by atoms with Gasteiger partial charge < -0.3 is 9.47 Å². The maximum Gasteiger partial charge on any atom is 0.331 e. The fraction of sp³-hybridized carbons (Fsp3) is 0.217. The van der Waals surface area contributed by atoms with E-state index in [9.17, 15) is 14.0 Å². The first-order chi connectivity index (χ1) is 14.5. The van der Waals surface area contributed by atoms with E-state index in [1.54, 1.807) is 6.08 Å². The van der Waals surface area contributed by atoms with Gasteiger partial charge in [-0.15, -0.1) is 11.8 Å². The molecule has 30 heavy (non-hydrogen) atoms. The lowest BCUT2D eigenvalue weighted by molar-refractivity contribution is -0.144. The normalized spacial score (nSPS) is 24.0. The Bertz CT molecular complexity index is 933. The second-order valence-corrected chi connectivity index (χ2v) is 9.37. The molecule has 1 fully saturated rings. The van der Waals surface area contributed by atoms with Crippen molar-refractivity contribution in [3.05, 3.63) is 83.9 Å². The summed E-state index contributed by atoms with van der Waals surface area (Å²) < 4.78 is 24.6. The first-order valence-corrected chi connectivity index (χ1v) is 11.1. The van der Waals surface area contributed by atoms with Gasteiger partial charge in [0.25, 0.3) is 0 Å². The van der Waals surface area contributed by atoms with Gasteiger partial charge in [0.05, 0.1) is 16.5 Å². The van der Waals surface area contributed by atoms with Gasteiger partial charge in [-0.05, 0) is 22.8 Å². The average Bonchev–Trinajstić information content (AvgIpc) is 3.05. The Morgan fingerprint density at radius 1 is 1.03 bits per heavy atom. The van der Waals surface area contributed by atoms with E-state index in [-0.39, 0.29) is 0 Å². The molecular formula is C23H20BrFO4S. The highest BCUT2D eigenvalue weighted by Gasteiger charge is 2.47. The molecule has 4 atom stereocenters. The van der Waals surface area contributed by atoms with Crippen LogP contribution in [0.2, 0.25) is 0 Å². The zero-order valence-electron chi connectivity index (χ0n) is 16.1. The molecule has 1 heterocycles. The predicted octanol–water partition coefficient (Wildman–Crippen LogP) is 5.04. The van der Waals surface area contributed by atoms with Gasteiger partial charge in [0, 0.05) is 12.2 Å². The first-order valence-electron chi connectivity index (χ1n) is 9.22. The summed E-state index contributed by atoms with van der Waals surface area (Å²) in [6.07, 6.45) is 1.70. The molecule has 3 rings (SSSR count). The molecule has 2 aromatic carbocycles. The minimum Gasteiger partial charge on any atom is -0.466 e. The van der Waals surface area contributed by atoms with Crippen LogP contribution < -0.4 is 0 Å². The molecule has 0 amide bonds. The van der Waals surface area contributed by atoms with E-state index >= 15 is 0 Å². The topological polar surface area (TPSA) is 52.6 Å². The SMILES string of the molecule is COC(=O)C=C(c1ccccc1)[C@H]1S[C@H](Br)[C@@H](F)[C@@H]1OC(=O)C=Cc1ccccc1. The van der Waals surface area contributed by atoms with Crippen molar-refractivity contribution >= 4 is 51.3 Å². The average molecular weight is 491 g/mol. The number of thioether (sulfide) groups is 1. The van der Waals surface area contributed by atoms with Crippen molar-refractivity contribution in [2.45, 2.75) is 21.7 Å². The van der Waals surface area contributed by atoms with Crippen LogP contribution in [0.1, 0.15) is 11.1 Å². The van der Waals surface area contributed by atoms with Crippen LogP contribution in [0.25, 0.3) is 11.6 Å². The summed E-state index contributed by atoms with van der Waals surface area (Å²) in [5, 5.41) is -0.583. The number of hydrogen-bond donors (Lipinski definition) is 0. The zero-order valence-corrected chi connectivity index (χ0v) is 18.5. The van der Waals surface area contributed by atoms with Crippen LogP contribution in [-0.2, 0) is 19.1 Å². The minimum atomic E-state index is -1.45. The number of ether oxygens (including phenoxy) is 2. The van der Waals surface area contributed by atoms with Crippen molar-refractivity contribution in [2.24, 2.45) is 0 Å². The summed E-state index contributed by atoms with van der Waals surface area (Å²) in [5.41, 5.74) is 2.11. The van der Waals surface area contributed by atoms with Gasteiger partial charge in [-0.1, -0.05) is 76.6 Å². The summed E-state index contributed by atoms with van der Waals surface area (Å²) in [4.78, 5) is 24.4. The van der Waals surface area contributed by atoms with Gasteiger partial charge in [0.1, 0.15) is 0 Å². The molecule has 0 radical (unpaired) electrons. The summed E-state index contributed by atoms with van der Waals surface area (Å²) in [5.74, 6) is -1.21. The van der Waals surface area contributed by atoms with E-state index < -0.39 is 33.6 Å². The number of esters is 2. The van der Waals surface area contributed by atoms with E-state index in [0.29, 0.717) is 5.57 Å². The van der Waals surface area contributed by atoms with Gasteiger partial charge in [0.2, 0.25) is 0 Å². The van der Waals surface area contributed by atoms with Crippen molar-refractivity contribution in [1.82, 2.24) is 0 Å². The third-order valence-corrected chi connectivity index (χ3v) is 6.98. The van der Waals surface area contributed by atoms with Crippen LogP contribution in [0, 0.1) is 0 Å². The van der Waals surface area contributed by atoms with Crippen LogP contribution in [-0.4, -0.2) is 40.7 Å². The number of carbonyl (C=O) groups excluding carboxylic acids is 2. The minimum absolute atomic E-state index is 0.543. The van der Waals surface area contributed by atoms with Crippen molar-refractivity contribution in [1.29, 1.82) is 0 Å². The number of hydrogen-bond acceptors (Lipinski definition) is 5. The smallest absolute Gasteiger partial charge is 0.331 e. The van der Waals surface area contributed by atoms with Crippen molar-refractivity contribution in [3.8, 4) is 0 Å². The molecule has 1 aliphatic heterocycles. The quantitative estimate of drug-likeness (QED) is 0.322. The van der Waals surface area contributed by atoms with Gasteiger partial charge in [-0.2, -0.15) is 0 Å². The van der Waals surface area contributed by atoms with Crippen LogP contribution in [0.15, 0.2) is 72.8 Å². The molecule has 0 aromatic heterocycles. The highest BCUT2D eigenvalue weighted by atomic mass is 79.9. The molecule has 1 aliphatic rings. The third kappa shape index (κ3) is 5.61. The van der Waals surface area contributed by atoms with E-state index in [1.807, 2.05) is 60.7 Å². The number of carbonyl (C=O) groups is 2. The second-order valence-electron chi connectivity index (χ2n) is 6.49. The lowest BCUT2D eigenvalue weighted by Gasteiger charge is -2.22. The molecule has 4 nitrogen and oxygen atoms in total. The first kappa shape index (κ1) is 22.3. The molecule has 1 saturated heterocycles. The van der Waals surface area contributed by atoms with Gasteiger partial charge in [0.15, 0.2) is 12.3 Å². The van der Waals surface area contributed by atoms with Crippen LogP contribution in [0.5, 0.6) is 0 Å². The molecule has 0 saturated carbocycles. The molecule has 0 aliphatic carbocycles. The van der Waals surface area contributed by atoms with E-state index in [4.69, 9.17) is 9.47 Å². The van der Waals surface area contributed by atoms with Crippen molar-refractivity contribution in [2.75, 3.05) is 7.11 Å². The zero-order chi connectivity index (χ0) is 21.5. The Labute approximate surface area is 187 Å². The molecule has 7 heteroatoms. The van der Waals surface area contributed by atoms with Crippen molar-refractivity contribution < 1.29 is 23.5 Å². The third-order valence-electron chi connectivity index (χ3n) is 4.49. The lowest BCUT2D eigenvalue weighted by Crippen LogP contribution is -2.33. The molecular weight excluding hydrogens is 471 g/mol. The summed E-state index contributed by atoms with van der Waals surface area (Å²) >= 11 is 4.57. The predicted molar refractivity (Wildman–Crippen MR) is 121 cm³/mol. The molecule has 2 aromatic rings. The fourth-order valence-corrected chi connectivity index (χ4v) is 5.33. The molecule has 0 bridgehead atoms. The number of rotatable bonds is 6. The number of halogens is 2. The highest BCUT2D eigenvalue weighted by Crippen LogP contribution is 2.47. The largest absolute Gasteiger partial charge is 0.466 e. The van der Waals surface area contributed by atoms with Crippen LogP contribution in [0.4, 0.5) is 4.39 Å². The van der Waals surface area contributed by atoms with Crippen LogP contribution >= 0.6 is 27.7 Å². The lowest BCUT2D eigenvalue weighted by atomic mass is 9.97. The summed E-state index contributed by atoms with van der Waals surface area (Å²) in [6.45, 7) is 0. The van der Waals surface area contributed by atoms with Gasteiger partial charge >= 0.3 is 11.9 Å². The molecule has 156 valence electrons. The monoisotopic (exact) mass is 490 g/mol. The molecule has 0 spiro atoms. The molecule has 0 unspecified atom stereocenters. The Kier molecular flexibility index (Phi) is 7.87. The fourth-order valence-electron chi connectivity index (χ4n) is 3.03. The summed E-state index contributed by atoms with van der Waals surface area (Å²) in [6, 6.07) is 18.4. The van der Waals surface area contributed by atoms with E-state index in [2.05, 4.69) is 15.9 Å². The van der Waals surface area contributed by atoms with Gasteiger partial charge in [-0.25, -0.2) is 14.0 Å². The Balaban J connectivity index is 1.86. The Morgan fingerprint density at radius 3 is 2.30 bits per heavy atom.